The van der Waals surface area contributed by atoms with Gasteiger partial charge in [-0.05, 0) is 57.6 Å². The highest BCUT2D eigenvalue weighted by Gasteiger charge is 2.13. The first-order valence-electron chi connectivity index (χ1n) is 9.12. The second-order valence-corrected chi connectivity index (χ2v) is 7.31. The molecule has 3 aromatic rings. The summed E-state index contributed by atoms with van der Waals surface area (Å²) < 4.78 is 1.97. The van der Waals surface area contributed by atoms with E-state index in [9.17, 15) is 4.79 Å². The number of anilines is 2. The number of ketones is 1. The Bertz CT molecular complexity index is 1020. The van der Waals surface area contributed by atoms with E-state index in [0.717, 1.165) is 22.8 Å². The van der Waals surface area contributed by atoms with Crippen LogP contribution in [0.2, 0.25) is 0 Å². The van der Waals surface area contributed by atoms with Gasteiger partial charge in [0.15, 0.2) is 10.9 Å². The zero-order valence-electron chi connectivity index (χ0n) is 16.5. The SMILES string of the molecule is CC(=O)c1cccc(NC(=S)Nc2c(C)nn(Cc3ccc(C)cc3)c2C)c1. The van der Waals surface area contributed by atoms with Gasteiger partial charge in [-0.15, -0.1) is 0 Å². The van der Waals surface area contributed by atoms with E-state index in [1.807, 2.05) is 30.7 Å². The molecule has 0 saturated carbocycles. The predicted octanol–water partition coefficient (Wildman–Crippen LogP) is 4.87. The number of aromatic nitrogens is 2. The third kappa shape index (κ3) is 4.64. The van der Waals surface area contributed by atoms with Crippen molar-refractivity contribution in [3.63, 3.8) is 0 Å². The molecule has 0 radical (unpaired) electrons. The summed E-state index contributed by atoms with van der Waals surface area (Å²) in [5.41, 5.74) is 6.64. The molecule has 0 unspecified atom stereocenters. The number of thiocarbonyl (C=S) groups is 1. The molecular weight excluding hydrogens is 368 g/mol. The minimum atomic E-state index is 0.0200. The Balaban J connectivity index is 1.72. The van der Waals surface area contributed by atoms with E-state index in [-0.39, 0.29) is 5.78 Å². The molecular formula is C22H24N4OS. The summed E-state index contributed by atoms with van der Waals surface area (Å²) in [4.78, 5) is 11.5. The Morgan fingerprint density at radius 3 is 2.46 bits per heavy atom. The van der Waals surface area contributed by atoms with Crippen LogP contribution >= 0.6 is 12.2 Å². The molecule has 5 nitrogen and oxygen atoms in total. The summed E-state index contributed by atoms with van der Waals surface area (Å²) in [5.74, 6) is 0.0200. The van der Waals surface area contributed by atoms with Gasteiger partial charge in [0.25, 0.3) is 0 Å². The lowest BCUT2D eigenvalue weighted by Gasteiger charge is -2.12. The molecule has 0 saturated heterocycles. The van der Waals surface area contributed by atoms with Gasteiger partial charge in [-0.25, -0.2) is 0 Å². The van der Waals surface area contributed by atoms with Crippen molar-refractivity contribution in [3.8, 4) is 0 Å². The highest BCUT2D eigenvalue weighted by atomic mass is 32.1. The summed E-state index contributed by atoms with van der Waals surface area (Å²) >= 11 is 5.46. The fraction of sp³-hybridized carbons (Fsp3) is 0.227. The van der Waals surface area contributed by atoms with Crippen molar-refractivity contribution in [1.29, 1.82) is 0 Å². The van der Waals surface area contributed by atoms with Crippen LogP contribution in [0.5, 0.6) is 0 Å². The predicted molar refractivity (Wildman–Crippen MR) is 118 cm³/mol. The maximum atomic E-state index is 11.5. The van der Waals surface area contributed by atoms with Gasteiger partial charge in [0.2, 0.25) is 0 Å². The van der Waals surface area contributed by atoms with Crippen molar-refractivity contribution in [2.45, 2.75) is 34.2 Å². The molecule has 144 valence electrons. The summed E-state index contributed by atoms with van der Waals surface area (Å²) in [5, 5.41) is 11.5. The monoisotopic (exact) mass is 392 g/mol. The van der Waals surface area contributed by atoms with E-state index >= 15 is 0 Å². The van der Waals surface area contributed by atoms with E-state index in [0.29, 0.717) is 17.2 Å². The Kier molecular flexibility index (Phi) is 5.90. The maximum Gasteiger partial charge on any atom is 0.175 e. The number of nitrogens with zero attached hydrogens (tertiary/aromatic N) is 2. The van der Waals surface area contributed by atoms with Crippen LogP contribution in [0.15, 0.2) is 48.5 Å². The molecule has 2 N–H and O–H groups in total. The number of carbonyl (C=O) groups is 1. The van der Waals surface area contributed by atoms with Gasteiger partial charge >= 0.3 is 0 Å². The minimum Gasteiger partial charge on any atom is -0.332 e. The van der Waals surface area contributed by atoms with Crippen molar-refractivity contribution >= 4 is 34.5 Å². The molecule has 0 bridgehead atoms. The van der Waals surface area contributed by atoms with Crippen LogP contribution in [0.25, 0.3) is 0 Å². The van der Waals surface area contributed by atoms with Gasteiger partial charge in [0.05, 0.1) is 23.6 Å². The van der Waals surface area contributed by atoms with E-state index < -0.39 is 0 Å². The molecule has 0 aliphatic heterocycles. The Morgan fingerprint density at radius 1 is 1.07 bits per heavy atom. The van der Waals surface area contributed by atoms with Crippen LogP contribution < -0.4 is 10.6 Å². The first kappa shape index (κ1) is 19.8. The van der Waals surface area contributed by atoms with Gasteiger partial charge in [0, 0.05) is 11.3 Å². The third-order valence-electron chi connectivity index (χ3n) is 4.60. The van der Waals surface area contributed by atoms with Crippen molar-refractivity contribution in [2.75, 3.05) is 10.6 Å². The number of rotatable bonds is 5. The van der Waals surface area contributed by atoms with Gasteiger partial charge in [-0.2, -0.15) is 5.10 Å². The van der Waals surface area contributed by atoms with Crippen LogP contribution in [0.1, 0.15) is 39.8 Å². The number of aryl methyl sites for hydroxylation is 2. The molecule has 1 aromatic heterocycles. The topological polar surface area (TPSA) is 59.0 Å². The molecule has 6 heteroatoms. The standard InChI is InChI=1S/C22H24N4OS/c1-14-8-10-18(11-9-14)13-26-16(3)21(15(2)25-26)24-22(28)23-20-7-5-6-19(12-20)17(4)27/h5-12H,13H2,1-4H3,(H2,23,24,28). The quantitative estimate of drug-likeness (QED) is 0.479. The molecule has 0 spiro atoms. The number of hydrogen-bond acceptors (Lipinski definition) is 3. The van der Waals surface area contributed by atoms with Crippen LogP contribution in [0, 0.1) is 20.8 Å². The van der Waals surface area contributed by atoms with Crippen LogP contribution in [-0.4, -0.2) is 20.7 Å². The first-order valence-corrected chi connectivity index (χ1v) is 9.53. The Labute approximate surface area is 170 Å². The van der Waals surface area contributed by atoms with E-state index in [1.54, 1.807) is 19.1 Å². The maximum absolute atomic E-state index is 11.5. The third-order valence-corrected chi connectivity index (χ3v) is 4.80. The van der Waals surface area contributed by atoms with Crippen molar-refractivity contribution in [2.24, 2.45) is 0 Å². The fourth-order valence-corrected chi connectivity index (χ4v) is 3.21. The largest absolute Gasteiger partial charge is 0.332 e. The van der Waals surface area contributed by atoms with Gasteiger partial charge in [-0.1, -0.05) is 42.0 Å². The Hall–Kier alpha value is -2.99. The number of nitrogens with one attached hydrogen (secondary N) is 2. The minimum absolute atomic E-state index is 0.0200. The van der Waals surface area contributed by atoms with Crippen molar-refractivity contribution in [3.05, 3.63) is 76.6 Å². The summed E-state index contributed by atoms with van der Waals surface area (Å²) in [6, 6.07) is 15.7. The van der Waals surface area contributed by atoms with E-state index in [2.05, 4.69) is 46.9 Å². The molecule has 28 heavy (non-hydrogen) atoms. The van der Waals surface area contributed by atoms with E-state index in [4.69, 9.17) is 12.2 Å². The number of benzene rings is 2. The summed E-state index contributed by atoms with van der Waals surface area (Å²) in [6.07, 6.45) is 0. The molecule has 2 aromatic carbocycles. The molecule has 0 aliphatic carbocycles. The lowest BCUT2D eigenvalue weighted by atomic mass is 10.1. The van der Waals surface area contributed by atoms with E-state index in [1.165, 1.54) is 11.1 Å². The fourth-order valence-electron chi connectivity index (χ4n) is 2.99. The number of carbonyl (C=O) groups excluding carboxylic acids is 1. The lowest BCUT2D eigenvalue weighted by Crippen LogP contribution is -2.20. The molecule has 1 heterocycles. The second kappa shape index (κ2) is 8.35. The zero-order chi connectivity index (χ0) is 20.3. The normalized spacial score (nSPS) is 10.6. The van der Waals surface area contributed by atoms with Gasteiger partial charge in [-0.3, -0.25) is 9.48 Å². The first-order chi connectivity index (χ1) is 13.3. The number of hydrogen-bond donors (Lipinski definition) is 2. The van der Waals surface area contributed by atoms with Gasteiger partial charge in [0.1, 0.15) is 0 Å². The highest BCUT2D eigenvalue weighted by Crippen LogP contribution is 2.21. The molecule has 0 aliphatic rings. The summed E-state index contributed by atoms with van der Waals surface area (Å²) in [7, 11) is 0. The second-order valence-electron chi connectivity index (χ2n) is 6.91. The number of Topliss-reactive ketones (excluding diaryl/α,β-unsaturated/α-hetero) is 1. The highest BCUT2D eigenvalue weighted by molar-refractivity contribution is 7.80. The average molecular weight is 393 g/mol. The Morgan fingerprint density at radius 2 is 1.79 bits per heavy atom. The molecule has 0 fully saturated rings. The average Bonchev–Trinajstić information content (AvgIpc) is 2.91. The van der Waals surface area contributed by atoms with Crippen LogP contribution in [0.3, 0.4) is 0 Å². The molecule has 0 amide bonds. The lowest BCUT2D eigenvalue weighted by molar-refractivity contribution is 0.101. The van der Waals surface area contributed by atoms with Gasteiger partial charge < -0.3 is 10.6 Å². The summed E-state index contributed by atoms with van der Waals surface area (Å²) in [6.45, 7) is 8.31. The van der Waals surface area contributed by atoms with Crippen LogP contribution in [0.4, 0.5) is 11.4 Å². The van der Waals surface area contributed by atoms with Crippen molar-refractivity contribution in [1.82, 2.24) is 9.78 Å². The van der Waals surface area contributed by atoms with Crippen molar-refractivity contribution < 1.29 is 4.79 Å². The molecule has 0 atom stereocenters. The smallest absolute Gasteiger partial charge is 0.175 e. The molecule has 3 rings (SSSR count). The zero-order valence-corrected chi connectivity index (χ0v) is 17.4. The van der Waals surface area contributed by atoms with Crippen LogP contribution in [-0.2, 0) is 6.54 Å².